The molecule has 1 fully saturated rings. The molecule has 0 radical (unpaired) electrons. The molecule has 1 saturated carbocycles. The molecule has 0 saturated heterocycles. The molecular weight excluding hydrogens is 218 g/mol. The van der Waals surface area contributed by atoms with Gasteiger partial charge >= 0.3 is 0 Å². The fourth-order valence-corrected chi connectivity index (χ4v) is 3.03. The zero-order valence-electron chi connectivity index (χ0n) is 12.3. The maximum atomic E-state index is 6.72. The second-order valence-corrected chi connectivity index (χ2v) is 6.97. The Bertz CT molecular complexity index is 433. The fraction of sp³-hybridized carbons (Fsp3) is 0.647. The van der Waals surface area contributed by atoms with Gasteiger partial charge in [0, 0.05) is 5.54 Å². The third-order valence-electron chi connectivity index (χ3n) is 4.81. The highest BCUT2D eigenvalue weighted by molar-refractivity contribution is 5.34. The van der Waals surface area contributed by atoms with Crippen LogP contribution in [0.5, 0.6) is 0 Å². The molecule has 0 aromatic heterocycles. The van der Waals surface area contributed by atoms with Gasteiger partial charge in [-0.25, -0.2) is 0 Å². The molecule has 0 heterocycles. The molecule has 0 aliphatic heterocycles. The summed E-state index contributed by atoms with van der Waals surface area (Å²) in [5.74, 6) is 0. The molecule has 18 heavy (non-hydrogen) atoms. The van der Waals surface area contributed by atoms with Crippen LogP contribution in [0.2, 0.25) is 0 Å². The summed E-state index contributed by atoms with van der Waals surface area (Å²) >= 11 is 0. The topological polar surface area (TPSA) is 26.0 Å². The summed E-state index contributed by atoms with van der Waals surface area (Å²) in [6.45, 7) is 9.10. The molecule has 1 heteroatoms. The first-order valence-electron chi connectivity index (χ1n) is 7.19. The molecule has 1 aliphatic carbocycles. The van der Waals surface area contributed by atoms with Gasteiger partial charge in [0.2, 0.25) is 0 Å². The first-order chi connectivity index (χ1) is 8.32. The molecule has 1 unspecified atom stereocenters. The molecular formula is C17H27N. The van der Waals surface area contributed by atoms with Crippen molar-refractivity contribution in [2.75, 3.05) is 0 Å². The van der Waals surface area contributed by atoms with Gasteiger partial charge in [0.15, 0.2) is 0 Å². The molecule has 0 bridgehead atoms. The molecule has 2 rings (SSSR count). The van der Waals surface area contributed by atoms with Gasteiger partial charge < -0.3 is 5.73 Å². The van der Waals surface area contributed by atoms with Crippen molar-refractivity contribution in [1.29, 1.82) is 0 Å². The third-order valence-corrected chi connectivity index (χ3v) is 4.81. The van der Waals surface area contributed by atoms with Crippen molar-refractivity contribution in [3.63, 3.8) is 0 Å². The number of hydrogen-bond acceptors (Lipinski definition) is 1. The first kappa shape index (κ1) is 13.6. The van der Waals surface area contributed by atoms with Crippen molar-refractivity contribution in [3.8, 4) is 0 Å². The SMILES string of the molecule is Cc1ccc(C2(N)CCCC(C)(C)CC2)cc1C. The Morgan fingerprint density at radius 3 is 2.33 bits per heavy atom. The van der Waals surface area contributed by atoms with E-state index in [9.17, 15) is 0 Å². The Morgan fingerprint density at radius 1 is 0.944 bits per heavy atom. The smallest absolute Gasteiger partial charge is 0.0409 e. The largest absolute Gasteiger partial charge is 0.321 e. The summed E-state index contributed by atoms with van der Waals surface area (Å²) in [6, 6.07) is 6.75. The van der Waals surface area contributed by atoms with E-state index in [1.54, 1.807) is 0 Å². The Morgan fingerprint density at radius 2 is 1.67 bits per heavy atom. The number of nitrogens with two attached hydrogens (primary N) is 1. The molecule has 1 aliphatic rings. The summed E-state index contributed by atoms with van der Waals surface area (Å²) in [7, 11) is 0. The van der Waals surface area contributed by atoms with Crippen LogP contribution in [0.4, 0.5) is 0 Å². The standard InChI is InChI=1S/C17H27N/c1-13-6-7-15(12-14(13)2)17(18)9-5-8-16(3,4)10-11-17/h6-7,12H,5,8-11,18H2,1-4H3. The van der Waals surface area contributed by atoms with E-state index in [1.807, 2.05) is 0 Å². The van der Waals surface area contributed by atoms with E-state index in [4.69, 9.17) is 5.73 Å². The molecule has 2 N–H and O–H groups in total. The molecule has 1 nitrogen and oxygen atoms in total. The number of rotatable bonds is 1. The predicted octanol–water partition coefficient (Wildman–Crippen LogP) is 4.45. The van der Waals surface area contributed by atoms with E-state index in [1.165, 1.54) is 36.0 Å². The van der Waals surface area contributed by atoms with E-state index >= 15 is 0 Å². The van der Waals surface area contributed by atoms with E-state index in [-0.39, 0.29) is 5.54 Å². The maximum Gasteiger partial charge on any atom is 0.0409 e. The van der Waals surface area contributed by atoms with E-state index in [0.29, 0.717) is 5.41 Å². The van der Waals surface area contributed by atoms with Gasteiger partial charge in [-0.1, -0.05) is 38.5 Å². The highest BCUT2D eigenvalue weighted by atomic mass is 14.7. The van der Waals surface area contributed by atoms with Crippen LogP contribution in [0, 0.1) is 19.3 Å². The Balaban J connectivity index is 2.27. The monoisotopic (exact) mass is 245 g/mol. The second kappa shape index (κ2) is 4.70. The first-order valence-corrected chi connectivity index (χ1v) is 7.19. The number of benzene rings is 1. The second-order valence-electron chi connectivity index (χ2n) is 6.97. The van der Waals surface area contributed by atoms with Gasteiger partial charge in [-0.3, -0.25) is 0 Å². The van der Waals surface area contributed by atoms with Gasteiger partial charge in [-0.05, 0) is 61.6 Å². The average molecular weight is 245 g/mol. The summed E-state index contributed by atoms with van der Waals surface area (Å²) in [5.41, 5.74) is 11.1. The van der Waals surface area contributed by atoms with Crippen molar-refractivity contribution >= 4 is 0 Å². The van der Waals surface area contributed by atoms with E-state index in [0.717, 1.165) is 12.8 Å². The van der Waals surface area contributed by atoms with Crippen LogP contribution < -0.4 is 5.73 Å². The summed E-state index contributed by atoms with van der Waals surface area (Å²) in [5, 5.41) is 0. The van der Waals surface area contributed by atoms with Gasteiger partial charge in [-0.15, -0.1) is 0 Å². The minimum atomic E-state index is -0.105. The van der Waals surface area contributed by atoms with Crippen molar-refractivity contribution in [2.45, 2.75) is 65.3 Å². The van der Waals surface area contributed by atoms with Gasteiger partial charge in [0.05, 0.1) is 0 Å². The minimum Gasteiger partial charge on any atom is -0.321 e. The van der Waals surface area contributed by atoms with Crippen LogP contribution in [0.3, 0.4) is 0 Å². The fourth-order valence-electron chi connectivity index (χ4n) is 3.03. The lowest BCUT2D eigenvalue weighted by Crippen LogP contribution is -2.36. The third kappa shape index (κ3) is 2.77. The quantitative estimate of drug-likeness (QED) is 0.727. The minimum absolute atomic E-state index is 0.105. The maximum absolute atomic E-state index is 6.72. The van der Waals surface area contributed by atoms with Gasteiger partial charge in [-0.2, -0.15) is 0 Å². The molecule has 1 atom stereocenters. The van der Waals surface area contributed by atoms with Crippen LogP contribution in [-0.4, -0.2) is 0 Å². The molecule has 1 aromatic carbocycles. The van der Waals surface area contributed by atoms with E-state index < -0.39 is 0 Å². The molecule has 1 aromatic rings. The molecule has 0 spiro atoms. The normalized spacial score (nSPS) is 27.8. The summed E-state index contributed by atoms with van der Waals surface area (Å²) in [6.07, 6.45) is 6.02. The predicted molar refractivity (Wildman–Crippen MR) is 78.6 cm³/mol. The Labute approximate surface area is 112 Å². The Kier molecular flexibility index (Phi) is 3.55. The van der Waals surface area contributed by atoms with Crippen molar-refractivity contribution in [2.24, 2.45) is 11.1 Å². The zero-order chi connectivity index (χ0) is 13.4. The van der Waals surface area contributed by atoms with Crippen LogP contribution in [0.1, 0.15) is 62.6 Å². The zero-order valence-corrected chi connectivity index (χ0v) is 12.3. The number of aryl methyl sites for hydroxylation is 2. The lowest BCUT2D eigenvalue weighted by Gasteiger charge is -2.30. The number of hydrogen-bond donors (Lipinski definition) is 1. The molecule has 0 amide bonds. The van der Waals surface area contributed by atoms with Gasteiger partial charge in [0.25, 0.3) is 0 Å². The van der Waals surface area contributed by atoms with E-state index in [2.05, 4.69) is 45.9 Å². The van der Waals surface area contributed by atoms with Gasteiger partial charge in [0.1, 0.15) is 0 Å². The summed E-state index contributed by atoms with van der Waals surface area (Å²) < 4.78 is 0. The highest BCUT2D eigenvalue weighted by Gasteiger charge is 2.33. The van der Waals surface area contributed by atoms with Crippen LogP contribution >= 0.6 is 0 Å². The lowest BCUT2D eigenvalue weighted by atomic mass is 9.80. The van der Waals surface area contributed by atoms with Crippen LogP contribution in [0.15, 0.2) is 18.2 Å². The lowest BCUT2D eigenvalue weighted by molar-refractivity contribution is 0.299. The van der Waals surface area contributed by atoms with Crippen LogP contribution in [0.25, 0.3) is 0 Å². The van der Waals surface area contributed by atoms with Crippen molar-refractivity contribution in [1.82, 2.24) is 0 Å². The Hall–Kier alpha value is -0.820. The molecule has 100 valence electrons. The highest BCUT2D eigenvalue weighted by Crippen LogP contribution is 2.41. The van der Waals surface area contributed by atoms with Crippen molar-refractivity contribution in [3.05, 3.63) is 34.9 Å². The van der Waals surface area contributed by atoms with Crippen molar-refractivity contribution < 1.29 is 0 Å². The summed E-state index contributed by atoms with van der Waals surface area (Å²) in [4.78, 5) is 0. The average Bonchev–Trinajstić information content (AvgIpc) is 2.43. The van der Waals surface area contributed by atoms with Crippen LogP contribution in [-0.2, 0) is 5.54 Å².